The van der Waals surface area contributed by atoms with Gasteiger partial charge in [0.25, 0.3) is 0 Å². The van der Waals surface area contributed by atoms with E-state index >= 15 is 0 Å². The number of aryl methyl sites for hydroxylation is 1. The first-order chi connectivity index (χ1) is 15.7. The van der Waals surface area contributed by atoms with Crippen LogP contribution in [0.15, 0.2) is 24.3 Å². The van der Waals surface area contributed by atoms with Crippen LogP contribution < -0.4 is 16.0 Å². The Morgan fingerprint density at radius 3 is 2.58 bits per heavy atom. The molecule has 33 heavy (non-hydrogen) atoms. The molecule has 4 rings (SSSR count). The van der Waals surface area contributed by atoms with E-state index in [0.717, 1.165) is 24.8 Å². The summed E-state index contributed by atoms with van der Waals surface area (Å²) < 4.78 is 25.8. The second-order valence-corrected chi connectivity index (χ2v) is 11.5. The Hall–Kier alpha value is -2.46. The van der Waals surface area contributed by atoms with E-state index in [-0.39, 0.29) is 42.9 Å². The van der Waals surface area contributed by atoms with Crippen LogP contribution in [0.4, 0.5) is 0 Å². The van der Waals surface area contributed by atoms with Gasteiger partial charge in [0.15, 0.2) is 9.84 Å². The lowest BCUT2D eigenvalue weighted by molar-refractivity contribution is -0.142. The minimum atomic E-state index is -3.61. The first kappa shape index (κ1) is 23.7. The Balaban J connectivity index is 1.55. The summed E-state index contributed by atoms with van der Waals surface area (Å²) in [7, 11) is -1.99. The molecule has 1 aromatic carbocycles. The number of hydrogen-bond acceptors (Lipinski definition) is 6. The molecule has 180 valence electrons. The van der Waals surface area contributed by atoms with Crippen LogP contribution in [-0.2, 0) is 30.6 Å². The molecule has 3 N–H and O–H groups in total. The van der Waals surface area contributed by atoms with Crippen molar-refractivity contribution < 1.29 is 22.8 Å². The Morgan fingerprint density at radius 2 is 1.82 bits per heavy atom. The standard InChI is InChI=1S/C23H32N4O5S/c1-14(24-2)21(28)26-18-12-13-33(31,32)20-11-10-19(27(20)23(18)30)22(29)25-17-9-5-7-15-6-3-4-8-16(15)17/h3-4,6,8,14,17-20,24H,5,7,9-13H2,1-2H3,(H,25,29)(H,26,28)/t14-,17+,18-,19+,20-/m0/s1. The van der Waals surface area contributed by atoms with E-state index in [1.165, 1.54) is 10.5 Å². The van der Waals surface area contributed by atoms with Gasteiger partial charge in [-0.3, -0.25) is 14.4 Å². The number of rotatable bonds is 5. The second-order valence-electron chi connectivity index (χ2n) is 9.17. The molecule has 2 saturated heterocycles. The highest BCUT2D eigenvalue weighted by molar-refractivity contribution is 7.92. The van der Waals surface area contributed by atoms with Crippen molar-refractivity contribution in [1.82, 2.24) is 20.9 Å². The van der Waals surface area contributed by atoms with E-state index in [9.17, 15) is 22.8 Å². The van der Waals surface area contributed by atoms with Gasteiger partial charge in [0.1, 0.15) is 17.5 Å². The summed E-state index contributed by atoms with van der Waals surface area (Å²) in [5.74, 6) is -1.42. The summed E-state index contributed by atoms with van der Waals surface area (Å²) in [6, 6.07) is 5.46. The Labute approximate surface area is 194 Å². The molecule has 2 fully saturated rings. The minimum absolute atomic E-state index is 0.000675. The van der Waals surface area contributed by atoms with Crippen LogP contribution in [0.1, 0.15) is 56.2 Å². The lowest BCUT2D eigenvalue weighted by Gasteiger charge is -2.32. The van der Waals surface area contributed by atoms with Crippen LogP contribution in [0.2, 0.25) is 0 Å². The quantitative estimate of drug-likeness (QED) is 0.565. The van der Waals surface area contributed by atoms with Gasteiger partial charge in [0, 0.05) is 0 Å². The van der Waals surface area contributed by atoms with Crippen LogP contribution in [0.3, 0.4) is 0 Å². The van der Waals surface area contributed by atoms with E-state index in [1.54, 1.807) is 14.0 Å². The van der Waals surface area contributed by atoms with Crippen LogP contribution in [0.25, 0.3) is 0 Å². The highest BCUT2D eigenvalue weighted by atomic mass is 32.2. The number of amides is 3. The monoisotopic (exact) mass is 476 g/mol. The summed E-state index contributed by atoms with van der Waals surface area (Å²) in [6.07, 6.45) is 3.21. The fraction of sp³-hybridized carbons (Fsp3) is 0.609. The van der Waals surface area contributed by atoms with Crippen LogP contribution in [-0.4, -0.2) is 67.3 Å². The highest BCUT2D eigenvalue weighted by Crippen LogP contribution is 2.34. The maximum absolute atomic E-state index is 13.4. The number of nitrogens with zero attached hydrogens (tertiary/aromatic N) is 1. The maximum atomic E-state index is 13.4. The fourth-order valence-corrected chi connectivity index (χ4v) is 7.07. The number of hydrogen-bond donors (Lipinski definition) is 3. The predicted octanol–water partition coefficient (Wildman–Crippen LogP) is 0.409. The van der Waals surface area contributed by atoms with Gasteiger partial charge in [-0.2, -0.15) is 0 Å². The largest absolute Gasteiger partial charge is 0.347 e. The van der Waals surface area contributed by atoms with Crippen LogP contribution >= 0.6 is 0 Å². The van der Waals surface area contributed by atoms with Crippen LogP contribution in [0, 0.1) is 0 Å². The van der Waals surface area contributed by atoms with Crippen molar-refractivity contribution in [3.63, 3.8) is 0 Å². The van der Waals surface area contributed by atoms with Crippen molar-refractivity contribution in [3.8, 4) is 0 Å². The topological polar surface area (TPSA) is 125 Å². The van der Waals surface area contributed by atoms with Crippen molar-refractivity contribution in [2.45, 2.75) is 75.0 Å². The molecule has 0 aromatic heterocycles. The molecule has 0 spiro atoms. The number of fused-ring (bicyclic) bond motifs is 2. The van der Waals surface area contributed by atoms with Gasteiger partial charge >= 0.3 is 0 Å². The lowest BCUT2D eigenvalue weighted by Crippen LogP contribution is -2.56. The molecule has 1 aliphatic carbocycles. The summed E-state index contributed by atoms with van der Waals surface area (Å²) in [5.41, 5.74) is 2.28. The Kier molecular flexibility index (Phi) is 6.76. The molecule has 1 aromatic rings. The third-order valence-electron chi connectivity index (χ3n) is 7.12. The number of benzene rings is 1. The molecule has 9 nitrogen and oxygen atoms in total. The summed E-state index contributed by atoms with van der Waals surface area (Å²) in [4.78, 5) is 40.3. The molecule has 2 heterocycles. The molecule has 5 atom stereocenters. The van der Waals surface area contributed by atoms with Crippen molar-refractivity contribution in [2.24, 2.45) is 0 Å². The zero-order valence-corrected chi connectivity index (χ0v) is 19.9. The average Bonchev–Trinajstić information content (AvgIpc) is 3.24. The molecule has 0 unspecified atom stereocenters. The highest BCUT2D eigenvalue weighted by Gasteiger charge is 2.51. The molecule has 0 bridgehead atoms. The SMILES string of the molecule is CN[C@@H](C)C(=O)N[C@H]1CCS(=O)(=O)[C@H]2CC[C@H](C(=O)N[C@@H]3CCCc4ccccc43)N2C1=O. The smallest absolute Gasteiger partial charge is 0.246 e. The van der Waals surface area contributed by atoms with Crippen molar-refractivity contribution in [1.29, 1.82) is 0 Å². The summed E-state index contributed by atoms with van der Waals surface area (Å²) >= 11 is 0. The Bertz CT molecular complexity index is 1040. The van der Waals surface area contributed by atoms with Gasteiger partial charge in [-0.15, -0.1) is 0 Å². The van der Waals surface area contributed by atoms with Gasteiger partial charge in [0.2, 0.25) is 17.7 Å². The number of carbonyl (C=O) groups is 3. The zero-order valence-electron chi connectivity index (χ0n) is 19.0. The first-order valence-electron chi connectivity index (χ1n) is 11.6. The van der Waals surface area contributed by atoms with Crippen molar-refractivity contribution >= 4 is 27.6 Å². The van der Waals surface area contributed by atoms with Gasteiger partial charge in [-0.1, -0.05) is 24.3 Å². The van der Waals surface area contributed by atoms with E-state index < -0.39 is 39.2 Å². The van der Waals surface area contributed by atoms with Gasteiger partial charge in [0.05, 0.1) is 17.8 Å². The molecular formula is C23H32N4O5S. The normalized spacial score (nSPS) is 29.4. The molecule has 3 amide bonds. The number of carbonyl (C=O) groups excluding carboxylic acids is 3. The molecule has 2 aliphatic heterocycles. The third kappa shape index (κ3) is 4.63. The molecule has 3 aliphatic rings. The number of sulfone groups is 1. The molecular weight excluding hydrogens is 444 g/mol. The van der Waals surface area contributed by atoms with Gasteiger partial charge in [-0.25, -0.2) is 8.42 Å². The summed E-state index contributed by atoms with van der Waals surface area (Å²) in [5, 5.41) is 7.53. The number of nitrogens with one attached hydrogen (secondary N) is 3. The van der Waals surface area contributed by atoms with E-state index in [2.05, 4.69) is 22.0 Å². The summed E-state index contributed by atoms with van der Waals surface area (Å²) in [6.45, 7) is 1.66. The molecule has 0 saturated carbocycles. The van der Waals surface area contributed by atoms with Crippen molar-refractivity contribution in [2.75, 3.05) is 12.8 Å². The predicted molar refractivity (Wildman–Crippen MR) is 123 cm³/mol. The maximum Gasteiger partial charge on any atom is 0.246 e. The molecule has 10 heteroatoms. The fourth-order valence-electron chi connectivity index (χ4n) is 5.14. The molecule has 0 radical (unpaired) electrons. The zero-order chi connectivity index (χ0) is 23.8. The third-order valence-corrected chi connectivity index (χ3v) is 9.22. The van der Waals surface area contributed by atoms with Gasteiger partial charge in [-0.05, 0) is 63.6 Å². The van der Waals surface area contributed by atoms with Crippen molar-refractivity contribution in [3.05, 3.63) is 35.4 Å². The minimum Gasteiger partial charge on any atom is -0.347 e. The lowest BCUT2D eigenvalue weighted by atomic mass is 9.87. The second kappa shape index (κ2) is 9.42. The first-order valence-corrected chi connectivity index (χ1v) is 13.3. The van der Waals surface area contributed by atoms with Crippen LogP contribution in [0.5, 0.6) is 0 Å². The number of likely N-dealkylation sites (N-methyl/N-ethyl adjacent to an activating group) is 1. The average molecular weight is 477 g/mol. The van der Waals surface area contributed by atoms with E-state index in [0.29, 0.717) is 0 Å². The van der Waals surface area contributed by atoms with Gasteiger partial charge < -0.3 is 20.9 Å². The van der Waals surface area contributed by atoms with E-state index in [1.807, 2.05) is 18.2 Å². The van der Waals surface area contributed by atoms with E-state index in [4.69, 9.17) is 0 Å². The Morgan fingerprint density at radius 1 is 1.06 bits per heavy atom.